The molecule has 0 aliphatic rings. The van der Waals surface area contributed by atoms with Crippen molar-refractivity contribution in [3.05, 3.63) is 58.9 Å². The van der Waals surface area contributed by atoms with Gasteiger partial charge in [0, 0.05) is 16.5 Å². The second kappa shape index (κ2) is 7.40. The largest absolute Gasteiger partial charge is 0.454 e. The van der Waals surface area contributed by atoms with Crippen LogP contribution in [-0.4, -0.2) is 20.9 Å². The van der Waals surface area contributed by atoms with Gasteiger partial charge in [0.25, 0.3) is 5.91 Å². The van der Waals surface area contributed by atoms with Gasteiger partial charge in [0.05, 0.1) is 18.1 Å². The van der Waals surface area contributed by atoms with Crippen molar-refractivity contribution >= 4 is 22.4 Å². The van der Waals surface area contributed by atoms with Crippen molar-refractivity contribution in [2.45, 2.75) is 33.1 Å². The lowest BCUT2D eigenvalue weighted by atomic mass is 9.94. The van der Waals surface area contributed by atoms with Crippen molar-refractivity contribution in [3.63, 3.8) is 0 Å². The van der Waals surface area contributed by atoms with Gasteiger partial charge >= 0.3 is 0 Å². The van der Waals surface area contributed by atoms with Crippen molar-refractivity contribution in [2.75, 3.05) is 5.32 Å². The molecule has 140 valence electrons. The number of anilines is 1. The summed E-state index contributed by atoms with van der Waals surface area (Å²) in [5.41, 5.74) is 0.935. The minimum Gasteiger partial charge on any atom is -0.454 e. The zero-order valence-electron chi connectivity index (χ0n) is 15.4. The average molecular weight is 386 g/mol. The van der Waals surface area contributed by atoms with Crippen LogP contribution in [0.4, 0.5) is 9.52 Å². The van der Waals surface area contributed by atoms with Crippen molar-refractivity contribution in [3.8, 4) is 11.5 Å². The molecule has 1 N–H and O–H groups in total. The molecule has 1 aromatic carbocycles. The monoisotopic (exact) mass is 386 g/mol. The van der Waals surface area contributed by atoms with E-state index in [1.807, 2.05) is 6.92 Å². The predicted octanol–water partition coefficient (Wildman–Crippen LogP) is 4.72. The van der Waals surface area contributed by atoms with Crippen LogP contribution >= 0.6 is 11.3 Å². The molecule has 1 amide bonds. The standard InChI is InChI=1S/C19H19FN4O2S/c1-11-16(19(2,3)4)27-18(23-11)24-17(25)12-5-13(20)7-14(6-12)26-15-8-21-10-22-9-15/h5-10H,1-4H3,(H,23,24,25). The second-order valence-electron chi connectivity index (χ2n) is 6.99. The molecule has 2 aromatic heterocycles. The first-order valence-corrected chi connectivity index (χ1v) is 9.07. The lowest BCUT2D eigenvalue weighted by Gasteiger charge is -2.16. The minimum absolute atomic E-state index is 0.0671. The summed E-state index contributed by atoms with van der Waals surface area (Å²) in [6, 6.07) is 3.79. The molecule has 0 unspecified atom stereocenters. The van der Waals surface area contributed by atoms with E-state index in [9.17, 15) is 9.18 Å². The Morgan fingerprint density at radius 2 is 1.85 bits per heavy atom. The van der Waals surface area contributed by atoms with Gasteiger partial charge in [0.15, 0.2) is 10.9 Å². The van der Waals surface area contributed by atoms with Crippen LogP contribution in [0, 0.1) is 12.7 Å². The first-order chi connectivity index (χ1) is 12.7. The highest BCUT2D eigenvalue weighted by molar-refractivity contribution is 7.16. The van der Waals surface area contributed by atoms with Gasteiger partial charge in [-0.25, -0.2) is 19.3 Å². The number of carbonyl (C=O) groups excluding carboxylic acids is 1. The van der Waals surface area contributed by atoms with Gasteiger partial charge in [0.1, 0.15) is 17.9 Å². The maximum Gasteiger partial charge on any atom is 0.257 e. The van der Waals surface area contributed by atoms with E-state index in [2.05, 4.69) is 41.0 Å². The third-order valence-corrected chi connectivity index (χ3v) is 5.10. The molecule has 27 heavy (non-hydrogen) atoms. The molecule has 0 fully saturated rings. The molecule has 0 radical (unpaired) electrons. The number of carbonyl (C=O) groups is 1. The number of nitrogens with zero attached hydrogens (tertiary/aromatic N) is 3. The Hall–Kier alpha value is -2.87. The molecule has 0 saturated heterocycles. The molecule has 0 aliphatic carbocycles. The van der Waals surface area contributed by atoms with Crippen molar-refractivity contribution < 1.29 is 13.9 Å². The molecule has 3 aromatic rings. The fourth-order valence-corrected chi connectivity index (χ4v) is 3.56. The Morgan fingerprint density at radius 3 is 2.48 bits per heavy atom. The maximum absolute atomic E-state index is 13.9. The normalized spacial score (nSPS) is 11.3. The summed E-state index contributed by atoms with van der Waals surface area (Å²) in [6.45, 7) is 8.16. The molecule has 0 aliphatic heterocycles. The molecule has 6 nitrogen and oxygen atoms in total. The molecule has 0 atom stereocenters. The Labute approximate surface area is 160 Å². The van der Waals surface area contributed by atoms with Crippen LogP contribution in [0.15, 0.2) is 36.9 Å². The number of amides is 1. The molecular weight excluding hydrogens is 367 g/mol. The number of hydrogen-bond donors (Lipinski definition) is 1. The van der Waals surface area contributed by atoms with Crippen LogP contribution in [0.2, 0.25) is 0 Å². The zero-order valence-corrected chi connectivity index (χ0v) is 16.2. The quantitative estimate of drug-likeness (QED) is 0.702. The summed E-state index contributed by atoms with van der Waals surface area (Å²) in [4.78, 5) is 25.7. The smallest absolute Gasteiger partial charge is 0.257 e. The second-order valence-corrected chi connectivity index (χ2v) is 7.99. The number of nitrogens with one attached hydrogen (secondary N) is 1. The van der Waals surface area contributed by atoms with Gasteiger partial charge < -0.3 is 4.74 Å². The Balaban J connectivity index is 1.81. The van der Waals surface area contributed by atoms with E-state index in [4.69, 9.17) is 4.74 Å². The fraction of sp³-hybridized carbons (Fsp3) is 0.263. The van der Waals surface area contributed by atoms with Crippen molar-refractivity contribution in [1.29, 1.82) is 0 Å². The Bertz CT molecular complexity index is 968. The van der Waals surface area contributed by atoms with Gasteiger partial charge in [-0.05, 0) is 24.5 Å². The molecule has 0 bridgehead atoms. The first kappa shape index (κ1) is 18.9. The van der Waals surface area contributed by atoms with E-state index >= 15 is 0 Å². The molecule has 3 rings (SSSR count). The van der Waals surface area contributed by atoms with E-state index in [1.54, 1.807) is 0 Å². The summed E-state index contributed by atoms with van der Waals surface area (Å²) >= 11 is 1.42. The van der Waals surface area contributed by atoms with E-state index in [0.29, 0.717) is 10.9 Å². The van der Waals surface area contributed by atoms with Gasteiger partial charge in [-0.15, -0.1) is 11.3 Å². The van der Waals surface area contributed by atoms with Crippen LogP contribution in [0.5, 0.6) is 11.5 Å². The van der Waals surface area contributed by atoms with Gasteiger partial charge in [0.2, 0.25) is 0 Å². The molecule has 0 spiro atoms. The van der Waals surface area contributed by atoms with E-state index in [-0.39, 0.29) is 16.7 Å². The summed E-state index contributed by atoms with van der Waals surface area (Å²) in [5, 5.41) is 3.21. The van der Waals surface area contributed by atoms with Crippen LogP contribution in [-0.2, 0) is 5.41 Å². The molecule has 0 saturated carbocycles. The number of halogens is 1. The molecule has 8 heteroatoms. The number of benzene rings is 1. The van der Waals surface area contributed by atoms with Gasteiger partial charge in [-0.3, -0.25) is 10.1 Å². The van der Waals surface area contributed by atoms with Crippen molar-refractivity contribution in [1.82, 2.24) is 15.0 Å². The number of aromatic nitrogens is 3. The van der Waals surface area contributed by atoms with E-state index < -0.39 is 11.7 Å². The number of ether oxygens (including phenoxy) is 1. The Morgan fingerprint density at radius 1 is 1.15 bits per heavy atom. The van der Waals surface area contributed by atoms with Crippen molar-refractivity contribution in [2.24, 2.45) is 0 Å². The number of hydrogen-bond acceptors (Lipinski definition) is 6. The number of aryl methyl sites for hydroxylation is 1. The molecule has 2 heterocycles. The van der Waals surface area contributed by atoms with Gasteiger partial charge in [-0.1, -0.05) is 20.8 Å². The third kappa shape index (κ3) is 4.65. The first-order valence-electron chi connectivity index (χ1n) is 8.25. The van der Waals surface area contributed by atoms with E-state index in [0.717, 1.165) is 16.6 Å². The summed E-state index contributed by atoms with van der Waals surface area (Å²) in [7, 11) is 0. The highest BCUT2D eigenvalue weighted by atomic mass is 32.1. The summed E-state index contributed by atoms with van der Waals surface area (Å²) in [5.74, 6) is -0.515. The molecular formula is C19H19FN4O2S. The third-order valence-electron chi connectivity index (χ3n) is 3.60. The maximum atomic E-state index is 13.9. The lowest BCUT2D eigenvalue weighted by Crippen LogP contribution is -2.12. The van der Waals surface area contributed by atoms with Crippen LogP contribution in [0.1, 0.15) is 41.7 Å². The highest BCUT2D eigenvalue weighted by Crippen LogP contribution is 2.33. The number of thiazole rings is 1. The summed E-state index contributed by atoms with van der Waals surface area (Å²) < 4.78 is 19.5. The summed E-state index contributed by atoms with van der Waals surface area (Å²) in [6.07, 6.45) is 4.26. The topological polar surface area (TPSA) is 77.0 Å². The lowest BCUT2D eigenvalue weighted by molar-refractivity contribution is 0.102. The SMILES string of the molecule is Cc1nc(NC(=O)c2cc(F)cc(Oc3cncnc3)c2)sc1C(C)(C)C. The van der Waals surface area contributed by atoms with Crippen LogP contribution in [0.25, 0.3) is 0 Å². The zero-order chi connectivity index (χ0) is 19.6. The number of rotatable bonds is 4. The minimum atomic E-state index is -0.583. The fourth-order valence-electron chi connectivity index (χ4n) is 2.54. The highest BCUT2D eigenvalue weighted by Gasteiger charge is 2.22. The van der Waals surface area contributed by atoms with Crippen LogP contribution < -0.4 is 10.1 Å². The van der Waals surface area contributed by atoms with E-state index in [1.165, 1.54) is 42.2 Å². The average Bonchev–Trinajstić information content (AvgIpc) is 2.96. The Kier molecular flexibility index (Phi) is 5.18. The predicted molar refractivity (Wildman–Crippen MR) is 102 cm³/mol. The van der Waals surface area contributed by atoms with Gasteiger partial charge in [-0.2, -0.15) is 0 Å². The van der Waals surface area contributed by atoms with Crippen LogP contribution in [0.3, 0.4) is 0 Å².